The van der Waals surface area contributed by atoms with Gasteiger partial charge in [0.15, 0.2) is 0 Å². The Morgan fingerprint density at radius 1 is 1.06 bits per heavy atom. The van der Waals surface area contributed by atoms with Crippen LogP contribution < -0.4 is 0 Å². The monoisotopic (exact) mass is 268 g/mol. The quantitative estimate of drug-likeness (QED) is 0.743. The van der Waals surface area contributed by atoms with Crippen molar-refractivity contribution >= 4 is 10.8 Å². The number of hydrogen-bond acceptors (Lipinski definition) is 1. The molecule has 0 heterocycles. The molecule has 3 unspecified atom stereocenters. The van der Waals surface area contributed by atoms with Crippen LogP contribution in [0.1, 0.15) is 72.1 Å². The van der Waals surface area contributed by atoms with Crippen molar-refractivity contribution < 1.29 is 4.21 Å². The van der Waals surface area contributed by atoms with Crippen molar-refractivity contribution in [3.63, 3.8) is 0 Å². The maximum Gasteiger partial charge on any atom is 0.0472 e. The molecule has 4 aliphatic carbocycles. The lowest BCUT2D eigenvalue weighted by molar-refractivity contribution is -0.0791. The minimum Gasteiger partial charge on any atom is -0.259 e. The van der Waals surface area contributed by atoms with E-state index in [0.29, 0.717) is 10.8 Å². The predicted molar refractivity (Wildman–Crippen MR) is 78.1 cm³/mol. The first-order chi connectivity index (χ1) is 8.39. The molecule has 104 valence electrons. The first-order valence-electron chi connectivity index (χ1n) is 7.77. The van der Waals surface area contributed by atoms with Gasteiger partial charge in [-0.2, -0.15) is 0 Å². The van der Waals surface area contributed by atoms with Gasteiger partial charge in [-0.05, 0) is 61.7 Å². The third kappa shape index (κ3) is 1.99. The number of hydrogen-bond donors (Lipinski definition) is 0. The maximum atomic E-state index is 12.9. The van der Waals surface area contributed by atoms with E-state index in [0.717, 1.165) is 18.1 Å². The van der Waals surface area contributed by atoms with E-state index in [9.17, 15) is 4.21 Å². The molecule has 4 bridgehead atoms. The van der Waals surface area contributed by atoms with Crippen LogP contribution in [-0.4, -0.2) is 14.7 Å². The standard InChI is InChI=1S/C16H28OS/c1-4-5-6-18(17)16-9-13-7-14(2,11-16)10-15(3,8-13)12-16/h13H,4-12H2,1-3H3/t13?,14-,15+,16?,18?. The van der Waals surface area contributed by atoms with Gasteiger partial charge in [0.1, 0.15) is 0 Å². The SMILES string of the molecule is CCCCS(=O)C12CC3C[C@@](C)(C1)C[C@](C)(C3)C2. The van der Waals surface area contributed by atoms with Gasteiger partial charge in [0, 0.05) is 21.3 Å². The van der Waals surface area contributed by atoms with E-state index in [1.165, 1.54) is 44.9 Å². The summed E-state index contributed by atoms with van der Waals surface area (Å²) in [7, 11) is -0.577. The van der Waals surface area contributed by atoms with Crippen LogP contribution in [0.2, 0.25) is 0 Å². The van der Waals surface area contributed by atoms with Crippen molar-refractivity contribution in [2.45, 2.75) is 76.9 Å². The Kier molecular flexibility index (Phi) is 2.97. The molecule has 0 aromatic rings. The third-order valence-corrected chi connectivity index (χ3v) is 7.82. The Morgan fingerprint density at radius 2 is 1.67 bits per heavy atom. The Hall–Kier alpha value is 0.150. The Bertz CT molecular complexity index is 357. The Labute approximate surface area is 115 Å². The zero-order valence-corrected chi connectivity index (χ0v) is 13.1. The average molecular weight is 268 g/mol. The van der Waals surface area contributed by atoms with Crippen molar-refractivity contribution in [1.82, 2.24) is 0 Å². The summed E-state index contributed by atoms with van der Waals surface area (Å²) < 4.78 is 13.1. The topological polar surface area (TPSA) is 17.1 Å². The zero-order chi connectivity index (χ0) is 13.0. The minimum atomic E-state index is -0.577. The molecule has 2 heteroatoms. The van der Waals surface area contributed by atoms with Crippen LogP contribution in [0.3, 0.4) is 0 Å². The molecule has 0 spiro atoms. The van der Waals surface area contributed by atoms with Gasteiger partial charge < -0.3 is 0 Å². The summed E-state index contributed by atoms with van der Waals surface area (Å²) >= 11 is 0. The second-order valence-electron chi connectivity index (χ2n) is 8.22. The Balaban J connectivity index is 1.86. The lowest BCUT2D eigenvalue weighted by atomic mass is 9.45. The van der Waals surface area contributed by atoms with Crippen molar-refractivity contribution in [2.24, 2.45) is 16.7 Å². The van der Waals surface area contributed by atoms with E-state index in [1.807, 2.05) is 0 Å². The molecule has 18 heavy (non-hydrogen) atoms. The van der Waals surface area contributed by atoms with Crippen molar-refractivity contribution in [1.29, 1.82) is 0 Å². The predicted octanol–water partition coefficient (Wildman–Crippen LogP) is 4.28. The van der Waals surface area contributed by atoms with Crippen molar-refractivity contribution in [3.8, 4) is 0 Å². The molecule has 0 amide bonds. The molecule has 4 rings (SSSR count). The highest BCUT2D eigenvalue weighted by molar-refractivity contribution is 7.86. The highest BCUT2D eigenvalue weighted by atomic mass is 32.2. The van der Waals surface area contributed by atoms with Crippen LogP contribution in [0, 0.1) is 16.7 Å². The fraction of sp³-hybridized carbons (Fsp3) is 1.00. The molecular formula is C16H28OS. The van der Waals surface area contributed by atoms with E-state index >= 15 is 0 Å². The second-order valence-corrected chi connectivity index (χ2v) is 10.2. The van der Waals surface area contributed by atoms with Crippen LogP contribution >= 0.6 is 0 Å². The summed E-state index contributed by atoms with van der Waals surface area (Å²) in [6.07, 6.45) is 10.3. The zero-order valence-electron chi connectivity index (χ0n) is 12.3. The lowest BCUT2D eigenvalue weighted by Crippen LogP contribution is -2.60. The van der Waals surface area contributed by atoms with Gasteiger partial charge in [0.05, 0.1) is 0 Å². The summed E-state index contributed by atoms with van der Waals surface area (Å²) in [4.78, 5) is 0. The molecule has 0 aromatic heterocycles. The highest BCUT2D eigenvalue weighted by Gasteiger charge is 2.61. The molecule has 4 saturated carbocycles. The van der Waals surface area contributed by atoms with E-state index in [4.69, 9.17) is 0 Å². The van der Waals surface area contributed by atoms with E-state index in [2.05, 4.69) is 20.8 Å². The largest absolute Gasteiger partial charge is 0.259 e. The summed E-state index contributed by atoms with van der Waals surface area (Å²) in [6.45, 7) is 7.16. The lowest BCUT2D eigenvalue weighted by Gasteiger charge is -2.64. The molecule has 4 aliphatic rings. The first-order valence-corrected chi connectivity index (χ1v) is 9.09. The van der Waals surface area contributed by atoms with Gasteiger partial charge in [-0.25, -0.2) is 0 Å². The highest BCUT2D eigenvalue weighted by Crippen LogP contribution is 2.67. The fourth-order valence-electron chi connectivity index (χ4n) is 6.09. The molecule has 0 aromatic carbocycles. The summed E-state index contributed by atoms with van der Waals surface area (Å²) in [5, 5.41) is 0. The Morgan fingerprint density at radius 3 is 2.17 bits per heavy atom. The molecular weight excluding hydrogens is 240 g/mol. The van der Waals surface area contributed by atoms with Crippen molar-refractivity contribution in [3.05, 3.63) is 0 Å². The maximum absolute atomic E-state index is 12.9. The van der Waals surface area contributed by atoms with Crippen LogP contribution in [0.25, 0.3) is 0 Å². The smallest absolute Gasteiger partial charge is 0.0472 e. The summed E-state index contributed by atoms with van der Waals surface area (Å²) in [6, 6.07) is 0. The molecule has 0 saturated heterocycles. The van der Waals surface area contributed by atoms with E-state index < -0.39 is 10.8 Å². The van der Waals surface area contributed by atoms with Crippen molar-refractivity contribution in [2.75, 3.05) is 5.75 Å². The van der Waals surface area contributed by atoms with E-state index in [1.54, 1.807) is 0 Å². The molecule has 0 aliphatic heterocycles. The second kappa shape index (κ2) is 4.07. The summed E-state index contributed by atoms with van der Waals surface area (Å²) in [5.41, 5.74) is 1.02. The van der Waals surface area contributed by atoms with Crippen LogP contribution in [0.5, 0.6) is 0 Å². The van der Waals surface area contributed by atoms with Gasteiger partial charge in [0.25, 0.3) is 0 Å². The van der Waals surface area contributed by atoms with Gasteiger partial charge in [-0.1, -0.05) is 27.2 Å². The van der Waals surface area contributed by atoms with Gasteiger partial charge in [-0.15, -0.1) is 0 Å². The first kappa shape index (κ1) is 13.1. The van der Waals surface area contributed by atoms with Gasteiger partial charge in [-0.3, -0.25) is 4.21 Å². The van der Waals surface area contributed by atoms with Gasteiger partial charge in [0.2, 0.25) is 0 Å². The van der Waals surface area contributed by atoms with Crippen LogP contribution in [0.15, 0.2) is 0 Å². The number of unbranched alkanes of at least 4 members (excludes halogenated alkanes) is 1. The molecule has 4 fully saturated rings. The fourth-order valence-corrected chi connectivity index (χ4v) is 8.51. The number of rotatable bonds is 4. The molecule has 1 nitrogen and oxygen atoms in total. The van der Waals surface area contributed by atoms with Crippen LogP contribution in [0.4, 0.5) is 0 Å². The molecule has 0 N–H and O–H groups in total. The average Bonchev–Trinajstić information content (AvgIpc) is 2.20. The molecule has 5 atom stereocenters. The van der Waals surface area contributed by atoms with Gasteiger partial charge >= 0.3 is 0 Å². The summed E-state index contributed by atoms with van der Waals surface area (Å²) in [5.74, 6) is 1.83. The third-order valence-electron chi connectivity index (χ3n) is 5.74. The molecule has 0 radical (unpaired) electrons. The minimum absolute atomic E-state index is 0.206. The van der Waals surface area contributed by atoms with E-state index in [-0.39, 0.29) is 4.75 Å². The van der Waals surface area contributed by atoms with Crippen LogP contribution in [-0.2, 0) is 10.8 Å². The normalized spacial score (nSPS) is 51.6.